The van der Waals surface area contributed by atoms with Crippen molar-refractivity contribution in [3.63, 3.8) is 0 Å². The molecule has 3 aromatic carbocycles. The monoisotopic (exact) mass is 539 g/mol. The first kappa shape index (κ1) is 25.8. The number of thiophene rings is 1. The highest BCUT2D eigenvalue weighted by molar-refractivity contribution is 7.20. The van der Waals surface area contributed by atoms with Gasteiger partial charge in [-0.25, -0.2) is 4.79 Å². The summed E-state index contributed by atoms with van der Waals surface area (Å²) in [5, 5.41) is 10.8. The van der Waals surface area contributed by atoms with Crippen molar-refractivity contribution in [1.82, 2.24) is 4.98 Å². The van der Waals surface area contributed by atoms with Crippen molar-refractivity contribution >= 4 is 39.0 Å². The predicted molar refractivity (Wildman–Crippen MR) is 152 cm³/mol. The number of aliphatic carboxylic acids is 1. The molecule has 196 valence electrons. The summed E-state index contributed by atoms with van der Waals surface area (Å²) < 4.78 is 24.1. The van der Waals surface area contributed by atoms with E-state index >= 15 is 0 Å². The van der Waals surface area contributed by atoms with E-state index in [1.807, 2.05) is 66.7 Å². The predicted octanol–water partition coefficient (Wildman–Crippen LogP) is 7.31. The Bertz CT molecular complexity index is 1610. The summed E-state index contributed by atoms with van der Waals surface area (Å²) in [6, 6.07) is 24.3. The topological polar surface area (TPSA) is 87.1 Å². The highest BCUT2D eigenvalue weighted by Crippen LogP contribution is 2.46. The van der Waals surface area contributed by atoms with Crippen LogP contribution in [0.4, 0.5) is 0 Å². The molecule has 0 radical (unpaired) electrons. The van der Waals surface area contributed by atoms with Crippen molar-refractivity contribution in [2.45, 2.75) is 6.61 Å². The van der Waals surface area contributed by atoms with E-state index in [-0.39, 0.29) is 5.57 Å². The fraction of sp³-hybridized carbons (Fsp3) is 0.0968. The van der Waals surface area contributed by atoms with Crippen LogP contribution in [0.3, 0.4) is 0 Å². The summed E-state index contributed by atoms with van der Waals surface area (Å²) in [4.78, 5) is 16.8. The van der Waals surface area contributed by atoms with E-state index in [0.717, 1.165) is 15.6 Å². The lowest BCUT2D eigenvalue weighted by Crippen LogP contribution is -1.99. The summed E-state index contributed by atoms with van der Waals surface area (Å²) >= 11 is 1.40. The van der Waals surface area contributed by atoms with Gasteiger partial charge in [-0.2, -0.15) is 0 Å². The number of carbonyl (C=O) groups is 1. The molecule has 1 N–H and O–H groups in total. The molecule has 0 saturated heterocycles. The maximum absolute atomic E-state index is 12.2. The van der Waals surface area contributed by atoms with Gasteiger partial charge >= 0.3 is 5.97 Å². The van der Waals surface area contributed by atoms with E-state index in [2.05, 4.69) is 4.98 Å². The molecule has 0 aliphatic heterocycles. The molecule has 8 heteroatoms. The van der Waals surface area contributed by atoms with Crippen LogP contribution < -0.4 is 18.9 Å². The van der Waals surface area contributed by atoms with Crippen LogP contribution in [0, 0.1) is 0 Å². The third-order valence-electron chi connectivity index (χ3n) is 5.96. The first-order valence-electron chi connectivity index (χ1n) is 12.0. The number of benzene rings is 3. The summed E-state index contributed by atoms with van der Waals surface area (Å²) in [5.74, 6) is 1.86. The zero-order valence-corrected chi connectivity index (χ0v) is 22.1. The molecular formula is C31H25NO6S. The smallest absolute Gasteiger partial charge is 0.336 e. The van der Waals surface area contributed by atoms with E-state index in [1.54, 1.807) is 44.8 Å². The van der Waals surface area contributed by atoms with E-state index < -0.39 is 5.97 Å². The number of aromatic nitrogens is 1. The van der Waals surface area contributed by atoms with Gasteiger partial charge in [-0.3, -0.25) is 4.98 Å². The normalized spacial score (nSPS) is 11.3. The number of carboxylic acid groups (broad SMARTS) is 1. The van der Waals surface area contributed by atoms with Crippen molar-refractivity contribution in [2.24, 2.45) is 0 Å². The van der Waals surface area contributed by atoms with Gasteiger partial charge in [-0.15, -0.1) is 11.3 Å². The molecule has 5 aromatic rings. The van der Waals surface area contributed by atoms with E-state index in [9.17, 15) is 9.90 Å². The fourth-order valence-electron chi connectivity index (χ4n) is 4.01. The highest BCUT2D eigenvalue weighted by atomic mass is 32.1. The quantitative estimate of drug-likeness (QED) is 0.186. The average Bonchev–Trinajstić information content (AvgIpc) is 3.31. The molecule has 7 nitrogen and oxygen atoms in total. The lowest BCUT2D eigenvalue weighted by molar-refractivity contribution is -0.130. The van der Waals surface area contributed by atoms with Crippen LogP contribution in [-0.2, 0) is 11.4 Å². The van der Waals surface area contributed by atoms with Crippen LogP contribution in [0.5, 0.6) is 28.7 Å². The van der Waals surface area contributed by atoms with Gasteiger partial charge < -0.3 is 24.1 Å². The molecule has 0 atom stereocenters. The van der Waals surface area contributed by atoms with Gasteiger partial charge in [-0.05, 0) is 59.7 Å². The number of methoxy groups -OCH3 is 2. The Hall–Kier alpha value is -4.82. The molecule has 0 saturated carbocycles. The number of hydrogen-bond donors (Lipinski definition) is 1. The highest BCUT2D eigenvalue weighted by Gasteiger charge is 2.20. The fourth-order valence-corrected chi connectivity index (χ4v) is 5.10. The molecule has 0 unspecified atom stereocenters. The van der Waals surface area contributed by atoms with Gasteiger partial charge in [-0.1, -0.05) is 30.3 Å². The van der Waals surface area contributed by atoms with Gasteiger partial charge in [0, 0.05) is 28.5 Å². The average molecular weight is 540 g/mol. The number of nitrogens with zero attached hydrogens (tertiary/aromatic N) is 1. The van der Waals surface area contributed by atoms with Gasteiger partial charge in [0.15, 0.2) is 17.2 Å². The van der Waals surface area contributed by atoms with Crippen LogP contribution in [0.25, 0.3) is 21.7 Å². The van der Waals surface area contributed by atoms with Crippen LogP contribution in [0.1, 0.15) is 16.0 Å². The van der Waals surface area contributed by atoms with Crippen molar-refractivity contribution in [3.05, 3.63) is 107 Å². The van der Waals surface area contributed by atoms with Crippen LogP contribution in [0.2, 0.25) is 0 Å². The molecule has 0 aliphatic rings. The zero-order chi connectivity index (χ0) is 27.2. The van der Waals surface area contributed by atoms with Gasteiger partial charge in [0.25, 0.3) is 0 Å². The van der Waals surface area contributed by atoms with Gasteiger partial charge in [0.1, 0.15) is 18.1 Å². The second-order valence-electron chi connectivity index (χ2n) is 8.45. The summed E-state index contributed by atoms with van der Waals surface area (Å²) in [7, 11) is 3.14. The Morgan fingerprint density at radius 1 is 0.897 bits per heavy atom. The van der Waals surface area contributed by atoms with Crippen molar-refractivity contribution in [1.29, 1.82) is 0 Å². The van der Waals surface area contributed by atoms with Crippen LogP contribution in [0.15, 0.2) is 91.3 Å². The van der Waals surface area contributed by atoms with E-state index in [1.165, 1.54) is 11.3 Å². The first-order chi connectivity index (χ1) is 19.1. The molecule has 2 heterocycles. The molecule has 5 rings (SSSR count). The molecule has 2 aromatic heterocycles. The number of rotatable bonds is 10. The lowest BCUT2D eigenvalue weighted by atomic mass is 10.1. The zero-order valence-electron chi connectivity index (χ0n) is 21.3. The number of fused-ring (bicyclic) bond motifs is 1. The minimum atomic E-state index is -1.06. The first-order valence-corrected chi connectivity index (χ1v) is 12.9. The number of ether oxygens (including phenoxy) is 4. The summed E-state index contributed by atoms with van der Waals surface area (Å²) in [6.07, 6.45) is 4.74. The molecular weight excluding hydrogens is 514 g/mol. The Morgan fingerprint density at radius 2 is 1.56 bits per heavy atom. The third kappa shape index (κ3) is 5.86. The SMILES string of the molecule is COc1cc2sc(/C=C(/C(=O)O)c3ccncc3)c(Oc3ccc(OCc4ccccc4)cc3)c2cc1OC. The summed E-state index contributed by atoms with van der Waals surface area (Å²) in [5.41, 5.74) is 1.74. The second-order valence-corrected chi connectivity index (χ2v) is 9.53. The second kappa shape index (κ2) is 11.7. The van der Waals surface area contributed by atoms with Crippen molar-refractivity contribution < 1.29 is 28.8 Å². The molecule has 0 fully saturated rings. The Labute approximate surface area is 229 Å². The molecule has 0 bridgehead atoms. The maximum atomic E-state index is 12.2. The Balaban J connectivity index is 1.52. The molecule has 0 spiro atoms. The lowest BCUT2D eigenvalue weighted by Gasteiger charge is -2.11. The summed E-state index contributed by atoms with van der Waals surface area (Å²) in [6.45, 7) is 0.458. The van der Waals surface area contributed by atoms with Gasteiger partial charge in [0.05, 0.1) is 24.7 Å². The number of pyridine rings is 1. The third-order valence-corrected chi connectivity index (χ3v) is 7.04. The standard InChI is InChI=1S/C31H25NO6S/c1-35-26-16-25-28(18-27(26)36-2)39-29(17-24(31(33)34)21-12-14-32-15-13-21)30(25)38-23-10-8-22(9-11-23)37-19-20-6-4-3-5-7-20/h3-18H,19H2,1-2H3,(H,33,34)/b24-17+. The van der Waals surface area contributed by atoms with Crippen molar-refractivity contribution in [2.75, 3.05) is 14.2 Å². The molecule has 0 amide bonds. The van der Waals surface area contributed by atoms with Crippen molar-refractivity contribution in [3.8, 4) is 28.7 Å². The van der Waals surface area contributed by atoms with E-state index in [4.69, 9.17) is 18.9 Å². The van der Waals surface area contributed by atoms with Crippen LogP contribution in [-0.4, -0.2) is 30.3 Å². The number of carboxylic acids is 1. The minimum absolute atomic E-state index is 0.123. The molecule has 39 heavy (non-hydrogen) atoms. The van der Waals surface area contributed by atoms with Crippen LogP contribution >= 0.6 is 11.3 Å². The van der Waals surface area contributed by atoms with Gasteiger partial charge in [0.2, 0.25) is 0 Å². The Kier molecular flexibility index (Phi) is 7.75. The Morgan fingerprint density at radius 3 is 2.23 bits per heavy atom. The largest absolute Gasteiger partial charge is 0.493 e. The van der Waals surface area contributed by atoms with E-state index in [0.29, 0.717) is 45.8 Å². The minimum Gasteiger partial charge on any atom is -0.493 e. The maximum Gasteiger partial charge on any atom is 0.336 e. The number of hydrogen-bond acceptors (Lipinski definition) is 7. The molecule has 0 aliphatic carbocycles.